The van der Waals surface area contributed by atoms with Crippen molar-refractivity contribution in [2.45, 2.75) is 31.5 Å². The monoisotopic (exact) mass is 412 g/mol. The minimum absolute atomic E-state index is 0.127. The molecule has 1 aliphatic rings. The Kier molecular flexibility index (Phi) is 5.55. The van der Waals surface area contributed by atoms with E-state index < -0.39 is 11.7 Å². The number of benzene rings is 2. The highest BCUT2D eigenvalue weighted by Gasteiger charge is 2.30. The molecule has 5 nitrogen and oxygen atoms in total. The minimum atomic E-state index is -4.37. The number of hydrogen-bond donors (Lipinski definition) is 0. The van der Waals surface area contributed by atoms with Crippen molar-refractivity contribution in [2.75, 3.05) is 13.1 Å². The van der Waals surface area contributed by atoms with Crippen LogP contribution >= 0.6 is 0 Å². The maximum absolute atomic E-state index is 12.7. The average Bonchev–Trinajstić information content (AvgIpc) is 3.24. The maximum Gasteiger partial charge on any atom is 0.416 e. The number of likely N-dealkylation sites (tertiary alicyclic amines) is 1. The number of hydrogen-bond acceptors (Lipinski definition) is 5. The zero-order valence-corrected chi connectivity index (χ0v) is 16.1. The van der Waals surface area contributed by atoms with Crippen LogP contribution in [0.15, 0.2) is 53.1 Å². The molecule has 2 heterocycles. The molecular weight excluding hydrogens is 393 g/mol. The summed E-state index contributed by atoms with van der Waals surface area (Å²) in [4.78, 5) is 6.73. The van der Waals surface area contributed by atoms with Crippen molar-refractivity contribution in [3.8, 4) is 17.5 Å². The first-order valence-electron chi connectivity index (χ1n) is 9.65. The summed E-state index contributed by atoms with van der Waals surface area (Å²) in [7, 11) is 0. The summed E-state index contributed by atoms with van der Waals surface area (Å²) >= 11 is 0. The predicted molar refractivity (Wildman–Crippen MR) is 103 cm³/mol. The lowest BCUT2D eigenvalue weighted by Crippen LogP contribution is -2.32. The summed E-state index contributed by atoms with van der Waals surface area (Å²) in [5.41, 5.74) is 1.55. The summed E-state index contributed by atoms with van der Waals surface area (Å²) in [5, 5.41) is 13.0. The zero-order chi connectivity index (χ0) is 21.1. The molecule has 0 spiro atoms. The molecule has 0 bridgehead atoms. The van der Waals surface area contributed by atoms with E-state index in [0.717, 1.165) is 50.2 Å². The van der Waals surface area contributed by atoms with Gasteiger partial charge in [0.1, 0.15) is 0 Å². The van der Waals surface area contributed by atoms with Crippen LogP contribution in [0.25, 0.3) is 11.4 Å². The highest BCUT2D eigenvalue weighted by Crippen LogP contribution is 2.32. The second-order valence-corrected chi connectivity index (χ2v) is 7.39. The molecular formula is C22H19F3N4O. The van der Waals surface area contributed by atoms with Crippen LogP contribution in [0.3, 0.4) is 0 Å². The van der Waals surface area contributed by atoms with E-state index in [2.05, 4.69) is 21.1 Å². The SMILES string of the molecule is N#Cc1cccc(CN2CCC(c3nc(-c4ccc(C(F)(F)F)cc4)no3)CC2)c1. The lowest BCUT2D eigenvalue weighted by atomic mass is 9.96. The lowest BCUT2D eigenvalue weighted by Gasteiger charge is -2.30. The quantitative estimate of drug-likeness (QED) is 0.603. The van der Waals surface area contributed by atoms with E-state index in [1.165, 1.54) is 12.1 Å². The van der Waals surface area contributed by atoms with Gasteiger partial charge in [-0.15, -0.1) is 0 Å². The molecule has 0 aliphatic carbocycles. The van der Waals surface area contributed by atoms with Gasteiger partial charge < -0.3 is 4.52 Å². The number of alkyl halides is 3. The van der Waals surface area contributed by atoms with Gasteiger partial charge in [0.05, 0.1) is 17.2 Å². The Morgan fingerprint density at radius 3 is 2.50 bits per heavy atom. The molecule has 0 amide bonds. The van der Waals surface area contributed by atoms with E-state index in [-0.39, 0.29) is 5.92 Å². The third-order valence-electron chi connectivity index (χ3n) is 5.31. The summed E-state index contributed by atoms with van der Waals surface area (Å²) in [5.74, 6) is 0.952. The van der Waals surface area contributed by atoms with Gasteiger partial charge in [0.25, 0.3) is 0 Å². The first kappa shape index (κ1) is 20.1. The number of aromatic nitrogens is 2. The summed E-state index contributed by atoms with van der Waals surface area (Å²) in [6.45, 7) is 2.50. The molecule has 2 aromatic carbocycles. The Morgan fingerprint density at radius 1 is 1.10 bits per heavy atom. The van der Waals surface area contributed by atoms with Gasteiger partial charge in [-0.2, -0.15) is 23.4 Å². The maximum atomic E-state index is 12.7. The Balaban J connectivity index is 1.36. The number of rotatable bonds is 4. The Morgan fingerprint density at radius 2 is 1.83 bits per heavy atom. The topological polar surface area (TPSA) is 66.0 Å². The smallest absolute Gasteiger partial charge is 0.339 e. The van der Waals surface area contributed by atoms with Gasteiger partial charge in [0.15, 0.2) is 0 Å². The predicted octanol–water partition coefficient (Wildman–Crippen LogP) is 5.01. The molecule has 0 radical (unpaired) electrons. The number of halogens is 3. The van der Waals surface area contributed by atoms with Crippen LogP contribution in [0.1, 0.15) is 41.3 Å². The van der Waals surface area contributed by atoms with Crippen molar-refractivity contribution in [3.05, 3.63) is 71.1 Å². The van der Waals surface area contributed by atoms with Crippen LogP contribution in [-0.4, -0.2) is 28.1 Å². The molecule has 154 valence electrons. The van der Waals surface area contributed by atoms with Gasteiger partial charge in [0, 0.05) is 18.0 Å². The van der Waals surface area contributed by atoms with Crippen molar-refractivity contribution in [3.63, 3.8) is 0 Å². The second-order valence-electron chi connectivity index (χ2n) is 7.39. The Bertz CT molecular complexity index is 1050. The molecule has 8 heteroatoms. The van der Waals surface area contributed by atoms with E-state index in [1.54, 1.807) is 6.07 Å². The number of nitrogens with zero attached hydrogens (tertiary/aromatic N) is 4. The third-order valence-corrected chi connectivity index (χ3v) is 5.31. The van der Waals surface area contributed by atoms with Crippen LogP contribution in [0.5, 0.6) is 0 Å². The third kappa shape index (κ3) is 4.52. The molecule has 4 rings (SSSR count). The van der Waals surface area contributed by atoms with Crippen LogP contribution < -0.4 is 0 Å². The second kappa shape index (κ2) is 8.28. The number of nitriles is 1. The molecule has 1 aromatic heterocycles. The van der Waals surface area contributed by atoms with Gasteiger partial charge in [-0.25, -0.2) is 0 Å². The molecule has 1 fully saturated rings. The normalized spacial score (nSPS) is 15.8. The molecule has 1 saturated heterocycles. The molecule has 0 atom stereocenters. The van der Waals surface area contributed by atoms with Crippen LogP contribution in [0.4, 0.5) is 13.2 Å². The van der Waals surface area contributed by atoms with Crippen LogP contribution in [0.2, 0.25) is 0 Å². The molecule has 0 N–H and O–H groups in total. The van der Waals surface area contributed by atoms with Crippen molar-refractivity contribution in [1.29, 1.82) is 5.26 Å². The largest absolute Gasteiger partial charge is 0.416 e. The molecule has 30 heavy (non-hydrogen) atoms. The standard InChI is InChI=1S/C22H19F3N4O/c23-22(24,25)19-6-4-17(5-7-19)20-27-21(30-28-20)18-8-10-29(11-9-18)14-16-3-1-2-15(12-16)13-26/h1-7,12,18H,8-11,14H2. The summed E-state index contributed by atoms with van der Waals surface area (Å²) < 4.78 is 43.5. The van der Waals surface area contributed by atoms with Crippen LogP contribution in [0, 0.1) is 11.3 Å². The highest BCUT2D eigenvalue weighted by atomic mass is 19.4. The van der Waals surface area contributed by atoms with Crippen molar-refractivity contribution < 1.29 is 17.7 Å². The molecule has 0 saturated carbocycles. The van der Waals surface area contributed by atoms with E-state index in [0.29, 0.717) is 22.8 Å². The van der Waals surface area contributed by atoms with Gasteiger partial charge in [0.2, 0.25) is 11.7 Å². The first-order valence-corrected chi connectivity index (χ1v) is 9.65. The first-order chi connectivity index (χ1) is 14.4. The lowest BCUT2D eigenvalue weighted by molar-refractivity contribution is -0.137. The van der Waals surface area contributed by atoms with Crippen molar-refractivity contribution >= 4 is 0 Å². The fraction of sp³-hybridized carbons (Fsp3) is 0.318. The van der Waals surface area contributed by atoms with Gasteiger partial charge in [-0.05, 0) is 55.8 Å². The van der Waals surface area contributed by atoms with Gasteiger partial charge in [-0.1, -0.05) is 29.4 Å². The zero-order valence-electron chi connectivity index (χ0n) is 16.1. The van der Waals surface area contributed by atoms with E-state index in [4.69, 9.17) is 9.78 Å². The van der Waals surface area contributed by atoms with E-state index >= 15 is 0 Å². The number of piperidine rings is 1. The highest BCUT2D eigenvalue weighted by molar-refractivity contribution is 5.54. The minimum Gasteiger partial charge on any atom is -0.339 e. The Labute approximate surface area is 171 Å². The summed E-state index contributed by atoms with van der Waals surface area (Å²) in [6.07, 6.45) is -2.66. The van der Waals surface area contributed by atoms with Gasteiger partial charge >= 0.3 is 6.18 Å². The fourth-order valence-corrected chi connectivity index (χ4v) is 3.66. The summed E-state index contributed by atoms with van der Waals surface area (Å²) in [6, 6.07) is 14.5. The van der Waals surface area contributed by atoms with E-state index in [1.807, 2.05) is 18.2 Å². The van der Waals surface area contributed by atoms with Gasteiger partial charge in [-0.3, -0.25) is 4.90 Å². The fourth-order valence-electron chi connectivity index (χ4n) is 3.66. The van der Waals surface area contributed by atoms with Crippen molar-refractivity contribution in [2.24, 2.45) is 0 Å². The van der Waals surface area contributed by atoms with E-state index in [9.17, 15) is 13.2 Å². The van der Waals surface area contributed by atoms with Crippen molar-refractivity contribution in [1.82, 2.24) is 15.0 Å². The molecule has 0 unspecified atom stereocenters. The molecule has 3 aromatic rings. The molecule has 1 aliphatic heterocycles. The Hall–Kier alpha value is -3.18. The average molecular weight is 412 g/mol. The van der Waals surface area contributed by atoms with Crippen LogP contribution in [-0.2, 0) is 12.7 Å².